The van der Waals surface area contributed by atoms with Crippen molar-refractivity contribution in [2.45, 2.75) is 26.8 Å². The van der Waals surface area contributed by atoms with Gasteiger partial charge in [-0.1, -0.05) is 17.6 Å². The van der Waals surface area contributed by atoms with Gasteiger partial charge in [-0.25, -0.2) is 4.39 Å². The van der Waals surface area contributed by atoms with E-state index in [4.69, 9.17) is 4.74 Å². The molecule has 2 N–H and O–H groups in total. The molecule has 0 spiro atoms. The van der Waals surface area contributed by atoms with E-state index in [9.17, 15) is 18.6 Å². The Kier molecular flexibility index (Phi) is 10.5. The summed E-state index contributed by atoms with van der Waals surface area (Å²) in [5, 5.41) is 5.88. The number of rotatable bonds is 7. The monoisotopic (exact) mass is 408 g/mol. The Bertz CT molecular complexity index is 796. The lowest BCUT2D eigenvalue weighted by Crippen LogP contribution is -2.29. The first-order valence-corrected chi connectivity index (χ1v) is 10.0. The van der Waals surface area contributed by atoms with Gasteiger partial charge in [0, 0.05) is 30.5 Å². The number of ether oxygens (including phenoxy) is 1. The number of benzene rings is 2. The third kappa shape index (κ3) is 8.23. The zero-order valence-corrected chi connectivity index (χ0v) is 17.4. The van der Waals surface area contributed by atoms with Crippen LogP contribution in [0.25, 0.3) is 0 Å². The van der Waals surface area contributed by atoms with Crippen LogP contribution in [0.4, 0.5) is 10.1 Å². The largest absolute Gasteiger partial charge is 0.591 e. The third-order valence-corrected chi connectivity index (χ3v) is 4.40. The molecule has 2 aromatic carbocycles. The van der Waals surface area contributed by atoms with Gasteiger partial charge in [-0.05, 0) is 56.3 Å². The van der Waals surface area contributed by atoms with Gasteiger partial charge in [0.25, 0.3) is 5.91 Å². The first kappa shape index (κ1) is 23.9. The Morgan fingerprint density at radius 3 is 2.57 bits per heavy atom. The van der Waals surface area contributed by atoms with Gasteiger partial charge in [0.05, 0.1) is 6.61 Å². The number of carbonyl (C=O) groups is 1. The smallest absolute Gasteiger partial charge is 0.348 e. The highest BCUT2D eigenvalue weighted by Gasteiger charge is 2.12. The maximum atomic E-state index is 13.1. The Labute approximate surface area is 166 Å². The van der Waals surface area contributed by atoms with Crippen molar-refractivity contribution in [1.29, 1.82) is 0 Å². The van der Waals surface area contributed by atoms with Crippen molar-refractivity contribution in [3.05, 3.63) is 59.4 Å². The summed E-state index contributed by atoms with van der Waals surface area (Å²) >= 11 is 0. The Hall–Kier alpha value is -2.18. The second kappa shape index (κ2) is 12.3. The quantitative estimate of drug-likeness (QED) is 0.688. The minimum atomic E-state index is -2.73. The lowest BCUT2D eigenvalue weighted by atomic mass is 10.2. The van der Waals surface area contributed by atoms with Gasteiger partial charge in [-0.2, -0.15) is 0 Å². The average Bonchev–Trinajstić information content (AvgIpc) is 2.66. The van der Waals surface area contributed by atoms with E-state index in [0.717, 1.165) is 13.2 Å². The fourth-order valence-electron chi connectivity index (χ4n) is 2.34. The third-order valence-electron chi connectivity index (χ3n) is 3.70. The molecule has 28 heavy (non-hydrogen) atoms. The standard InChI is InChI=1S/C14H11FNO3P.C6H15NO/c1-9-7-11(5-6-13(9)15)16-14(17)10-3-2-4-12(8-10)20(18)19;1-4-7-6(2)5-8-3/h2-8H,1H3,(H,16,17);6-7H,4-5H2,1-3H3. The molecule has 2 unspecified atom stereocenters. The lowest BCUT2D eigenvalue weighted by molar-refractivity contribution is -0.160. The topological polar surface area (TPSA) is 90.5 Å². The molecule has 2 atom stereocenters. The van der Waals surface area contributed by atoms with Crippen molar-refractivity contribution in [1.82, 2.24) is 5.32 Å². The van der Waals surface area contributed by atoms with Gasteiger partial charge in [0.1, 0.15) is 5.82 Å². The fourth-order valence-corrected chi connectivity index (χ4v) is 2.80. The van der Waals surface area contributed by atoms with Gasteiger partial charge in [0.2, 0.25) is 0 Å². The van der Waals surface area contributed by atoms with Crippen LogP contribution in [0, 0.1) is 12.7 Å². The van der Waals surface area contributed by atoms with Crippen LogP contribution in [-0.4, -0.2) is 32.2 Å². The van der Waals surface area contributed by atoms with E-state index in [1.165, 1.54) is 42.5 Å². The summed E-state index contributed by atoms with van der Waals surface area (Å²) in [4.78, 5) is 22.9. The molecule has 0 saturated heterocycles. The van der Waals surface area contributed by atoms with E-state index in [2.05, 4.69) is 24.5 Å². The van der Waals surface area contributed by atoms with E-state index in [1.54, 1.807) is 14.0 Å². The summed E-state index contributed by atoms with van der Waals surface area (Å²) < 4.78 is 28.9. The van der Waals surface area contributed by atoms with Crippen molar-refractivity contribution in [2.75, 3.05) is 25.6 Å². The molecule has 152 valence electrons. The Balaban J connectivity index is 0.000000416. The SMILES string of the molecule is CCNC(C)COC.Cc1cc(NC(=O)c2cccc([P+](=O)[O-])c2)ccc1F. The van der Waals surface area contributed by atoms with Crippen LogP contribution in [0.1, 0.15) is 29.8 Å². The lowest BCUT2D eigenvalue weighted by Gasteiger charge is -2.09. The number of aryl methyl sites for hydroxylation is 1. The second-order valence-electron chi connectivity index (χ2n) is 6.14. The highest BCUT2D eigenvalue weighted by atomic mass is 31.1. The number of hydrogen-bond acceptors (Lipinski definition) is 5. The van der Waals surface area contributed by atoms with Gasteiger partial charge < -0.3 is 20.3 Å². The van der Waals surface area contributed by atoms with Crippen molar-refractivity contribution >= 4 is 24.9 Å². The maximum Gasteiger partial charge on any atom is 0.348 e. The summed E-state index contributed by atoms with van der Waals surface area (Å²) in [6.45, 7) is 7.60. The molecular formula is C20H26FN2O4P. The van der Waals surface area contributed by atoms with Crippen LogP contribution in [0.3, 0.4) is 0 Å². The van der Waals surface area contributed by atoms with Gasteiger partial charge in [-0.15, -0.1) is 0 Å². The molecule has 0 saturated carbocycles. The first-order valence-electron chi connectivity index (χ1n) is 8.82. The molecule has 0 aliphatic heterocycles. The minimum Gasteiger partial charge on any atom is -0.591 e. The molecule has 0 bridgehead atoms. The van der Waals surface area contributed by atoms with Crippen LogP contribution in [0.5, 0.6) is 0 Å². The predicted molar refractivity (Wildman–Crippen MR) is 108 cm³/mol. The first-order chi connectivity index (χ1) is 13.3. The van der Waals surface area contributed by atoms with Crippen molar-refractivity contribution in [3.8, 4) is 0 Å². The maximum absolute atomic E-state index is 13.1. The highest BCUT2D eigenvalue weighted by molar-refractivity contribution is 7.45. The molecule has 0 aromatic heterocycles. The van der Waals surface area contributed by atoms with Gasteiger partial charge in [0.15, 0.2) is 5.30 Å². The number of anilines is 1. The van der Waals surface area contributed by atoms with E-state index in [1.807, 2.05) is 0 Å². The summed E-state index contributed by atoms with van der Waals surface area (Å²) in [6.07, 6.45) is 0. The van der Waals surface area contributed by atoms with E-state index in [0.29, 0.717) is 17.3 Å². The zero-order valence-electron chi connectivity index (χ0n) is 16.5. The van der Waals surface area contributed by atoms with Crippen molar-refractivity contribution in [2.24, 2.45) is 0 Å². The molecule has 0 radical (unpaired) electrons. The number of carbonyl (C=O) groups excluding carboxylic acids is 1. The minimum absolute atomic E-state index is 0.0722. The molecule has 0 fully saturated rings. The van der Waals surface area contributed by atoms with E-state index in [-0.39, 0.29) is 16.7 Å². The summed E-state index contributed by atoms with van der Waals surface area (Å²) in [6, 6.07) is 10.4. The number of hydrogen-bond donors (Lipinski definition) is 2. The Morgan fingerprint density at radius 1 is 1.29 bits per heavy atom. The van der Waals surface area contributed by atoms with E-state index < -0.39 is 13.9 Å². The van der Waals surface area contributed by atoms with Crippen LogP contribution >= 0.6 is 8.03 Å². The molecule has 6 nitrogen and oxygen atoms in total. The Morgan fingerprint density at radius 2 is 2.00 bits per heavy atom. The van der Waals surface area contributed by atoms with Crippen LogP contribution in [-0.2, 0) is 9.30 Å². The van der Waals surface area contributed by atoms with Crippen LogP contribution in [0.15, 0.2) is 42.5 Å². The number of methoxy groups -OCH3 is 1. The molecule has 2 aromatic rings. The van der Waals surface area contributed by atoms with Crippen molar-refractivity contribution in [3.63, 3.8) is 0 Å². The van der Waals surface area contributed by atoms with Gasteiger partial charge >= 0.3 is 8.03 Å². The number of amides is 1. The zero-order chi connectivity index (χ0) is 21.1. The molecule has 8 heteroatoms. The summed E-state index contributed by atoms with van der Waals surface area (Å²) in [7, 11) is -1.02. The van der Waals surface area contributed by atoms with Crippen LogP contribution in [0.2, 0.25) is 0 Å². The molecule has 0 aliphatic rings. The molecule has 0 heterocycles. The summed E-state index contributed by atoms with van der Waals surface area (Å²) in [5.41, 5.74) is 1.09. The predicted octanol–water partition coefficient (Wildman–Crippen LogP) is 2.75. The normalized spacial score (nSPS) is 11.9. The molecule has 0 aliphatic carbocycles. The fraction of sp³-hybridized carbons (Fsp3) is 0.350. The molecular weight excluding hydrogens is 382 g/mol. The highest BCUT2D eigenvalue weighted by Crippen LogP contribution is 2.15. The molecule has 2 rings (SSSR count). The summed E-state index contributed by atoms with van der Waals surface area (Å²) in [5.74, 6) is -0.803. The molecule has 1 amide bonds. The second-order valence-corrected chi connectivity index (χ2v) is 7.17. The van der Waals surface area contributed by atoms with Crippen molar-refractivity contribution < 1.29 is 23.4 Å². The van der Waals surface area contributed by atoms with Gasteiger partial charge in [-0.3, -0.25) is 4.79 Å². The van der Waals surface area contributed by atoms with E-state index >= 15 is 0 Å². The van der Waals surface area contributed by atoms with Crippen LogP contribution < -0.4 is 20.8 Å². The number of likely N-dealkylation sites (N-methyl/N-ethyl adjacent to an activating group) is 1. The average molecular weight is 408 g/mol. The number of halogens is 1. The number of nitrogens with one attached hydrogen (secondary N) is 2.